The molecule has 2 aliphatic heterocycles. The van der Waals surface area contributed by atoms with Crippen molar-refractivity contribution in [1.29, 1.82) is 0 Å². The molecule has 0 bridgehead atoms. The number of urea groups is 1. The Kier molecular flexibility index (Phi) is 5.39. The summed E-state index contributed by atoms with van der Waals surface area (Å²) in [4.78, 5) is 39.8. The SMILES string of the molecule is CCCC1(CCC)NC(=O)N(CC(=O)N2CCOCC2)C1=O. The minimum Gasteiger partial charge on any atom is -0.378 e. The fraction of sp³-hybridized carbons (Fsp3) is 0.800. The molecule has 1 N–H and O–H groups in total. The third-order valence-electron chi connectivity index (χ3n) is 4.26. The van der Waals surface area contributed by atoms with Crippen molar-refractivity contribution in [2.24, 2.45) is 0 Å². The Hall–Kier alpha value is -1.63. The van der Waals surface area contributed by atoms with Crippen molar-refractivity contribution < 1.29 is 19.1 Å². The highest BCUT2D eigenvalue weighted by Crippen LogP contribution is 2.28. The van der Waals surface area contributed by atoms with Gasteiger partial charge in [0.2, 0.25) is 5.91 Å². The highest BCUT2D eigenvalue weighted by atomic mass is 16.5. The van der Waals surface area contributed by atoms with E-state index in [2.05, 4.69) is 5.32 Å². The maximum absolute atomic E-state index is 12.7. The Morgan fingerprint density at radius 3 is 2.32 bits per heavy atom. The molecule has 0 aromatic heterocycles. The van der Waals surface area contributed by atoms with Crippen LogP contribution in [0, 0.1) is 0 Å². The van der Waals surface area contributed by atoms with Gasteiger partial charge in [-0.2, -0.15) is 0 Å². The predicted octanol–water partition coefficient (Wildman–Crippen LogP) is 0.736. The number of ether oxygens (including phenoxy) is 1. The first-order chi connectivity index (χ1) is 10.5. The predicted molar refractivity (Wildman–Crippen MR) is 80.2 cm³/mol. The number of imide groups is 1. The normalized spacial score (nSPS) is 21.2. The van der Waals surface area contributed by atoms with E-state index in [1.54, 1.807) is 4.90 Å². The number of carbonyl (C=O) groups is 3. The molecular weight excluding hydrogens is 286 g/mol. The lowest BCUT2D eigenvalue weighted by Crippen LogP contribution is -2.49. The molecule has 2 heterocycles. The number of morpholine rings is 1. The van der Waals surface area contributed by atoms with E-state index in [4.69, 9.17) is 4.74 Å². The number of hydrogen-bond donors (Lipinski definition) is 1. The van der Waals surface area contributed by atoms with Gasteiger partial charge in [-0.15, -0.1) is 0 Å². The molecular formula is C15H25N3O4. The Labute approximate surface area is 131 Å². The second kappa shape index (κ2) is 7.09. The summed E-state index contributed by atoms with van der Waals surface area (Å²) >= 11 is 0. The van der Waals surface area contributed by atoms with E-state index in [0.29, 0.717) is 39.1 Å². The van der Waals surface area contributed by atoms with Gasteiger partial charge in [-0.3, -0.25) is 14.5 Å². The summed E-state index contributed by atoms with van der Waals surface area (Å²) < 4.78 is 5.21. The molecule has 22 heavy (non-hydrogen) atoms. The number of nitrogens with zero attached hydrogens (tertiary/aromatic N) is 2. The van der Waals surface area contributed by atoms with Crippen LogP contribution in [0.5, 0.6) is 0 Å². The Morgan fingerprint density at radius 1 is 1.18 bits per heavy atom. The average Bonchev–Trinajstić information content (AvgIpc) is 2.73. The van der Waals surface area contributed by atoms with Crippen molar-refractivity contribution >= 4 is 17.8 Å². The number of rotatable bonds is 6. The van der Waals surface area contributed by atoms with Crippen LogP contribution in [0.25, 0.3) is 0 Å². The fourth-order valence-electron chi connectivity index (χ4n) is 3.19. The van der Waals surface area contributed by atoms with Gasteiger partial charge >= 0.3 is 6.03 Å². The lowest BCUT2D eigenvalue weighted by molar-refractivity contribution is -0.141. The third-order valence-corrected chi connectivity index (χ3v) is 4.26. The van der Waals surface area contributed by atoms with Crippen LogP contribution in [0.1, 0.15) is 39.5 Å². The monoisotopic (exact) mass is 311 g/mol. The number of hydrogen-bond acceptors (Lipinski definition) is 4. The average molecular weight is 311 g/mol. The first-order valence-electron chi connectivity index (χ1n) is 8.03. The summed E-state index contributed by atoms with van der Waals surface area (Å²) in [6.45, 7) is 5.81. The maximum atomic E-state index is 12.7. The summed E-state index contributed by atoms with van der Waals surface area (Å²) in [7, 11) is 0. The Balaban J connectivity index is 2.06. The van der Waals surface area contributed by atoms with Crippen molar-refractivity contribution in [2.45, 2.75) is 45.1 Å². The van der Waals surface area contributed by atoms with E-state index in [1.165, 1.54) is 0 Å². The van der Waals surface area contributed by atoms with E-state index in [1.807, 2.05) is 13.8 Å². The zero-order valence-corrected chi connectivity index (χ0v) is 13.4. The van der Waals surface area contributed by atoms with Crippen LogP contribution in [-0.2, 0) is 14.3 Å². The van der Waals surface area contributed by atoms with Gasteiger partial charge in [-0.25, -0.2) is 4.79 Å². The second-order valence-corrected chi connectivity index (χ2v) is 5.90. The second-order valence-electron chi connectivity index (χ2n) is 5.90. The summed E-state index contributed by atoms with van der Waals surface area (Å²) in [5, 5.41) is 2.82. The summed E-state index contributed by atoms with van der Waals surface area (Å²) in [5.41, 5.74) is -0.828. The largest absolute Gasteiger partial charge is 0.378 e. The molecule has 0 saturated carbocycles. The van der Waals surface area contributed by atoms with E-state index < -0.39 is 11.6 Å². The summed E-state index contributed by atoms with van der Waals surface area (Å²) in [6, 6.07) is -0.450. The smallest absolute Gasteiger partial charge is 0.325 e. The van der Waals surface area contributed by atoms with Gasteiger partial charge in [0, 0.05) is 13.1 Å². The minimum atomic E-state index is -0.828. The Morgan fingerprint density at radius 2 is 1.77 bits per heavy atom. The van der Waals surface area contributed by atoms with Crippen LogP contribution in [0.3, 0.4) is 0 Å². The van der Waals surface area contributed by atoms with Crippen molar-refractivity contribution in [2.75, 3.05) is 32.8 Å². The molecule has 7 nitrogen and oxygen atoms in total. The molecule has 2 saturated heterocycles. The quantitative estimate of drug-likeness (QED) is 0.734. The lowest BCUT2D eigenvalue weighted by Gasteiger charge is -2.29. The first-order valence-corrected chi connectivity index (χ1v) is 8.03. The molecule has 0 spiro atoms. The molecule has 7 heteroatoms. The van der Waals surface area contributed by atoms with Gasteiger partial charge in [0.1, 0.15) is 12.1 Å². The molecule has 124 valence electrons. The van der Waals surface area contributed by atoms with Gasteiger partial charge in [0.05, 0.1) is 13.2 Å². The van der Waals surface area contributed by atoms with Crippen LogP contribution >= 0.6 is 0 Å². The van der Waals surface area contributed by atoms with E-state index in [0.717, 1.165) is 17.7 Å². The number of carbonyl (C=O) groups excluding carboxylic acids is 3. The molecule has 0 aromatic carbocycles. The van der Waals surface area contributed by atoms with Gasteiger partial charge in [-0.05, 0) is 12.8 Å². The van der Waals surface area contributed by atoms with Gasteiger partial charge in [0.25, 0.3) is 5.91 Å². The van der Waals surface area contributed by atoms with Gasteiger partial charge in [0.15, 0.2) is 0 Å². The van der Waals surface area contributed by atoms with Crippen LogP contribution in [0.2, 0.25) is 0 Å². The van der Waals surface area contributed by atoms with E-state index in [9.17, 15) is 14.4 Å². The lowest BCUT2D eigenvalue weighted by atomic mass is 9.88. The Bertz CT molecular complexity index is 440. The van der Waals surface area contributed by atoms with Crippen LogP contribution in [-0.4, -0.2) is 66.0 Å². The first kappa shape index (κ1) is 16.7. The van der Waals surface area contributed by atoms with Crippen molar-refractivity contribution in [3.63, 3.8) is 0 Å². The molecule has 0 radical (unpaired) electrons. The zero-order chi connectivity index (χ0) is 16.2. The maximum Gasteiger partial charge on any atom is 0.325 e. The number of amides is 4. The molecule has 2 aliphatic rings. The van der Waals surface area contributed by atoms with Crippen LogP contribution in [0.4, 0.5) is 4.79 Å². The molecule has 0 aliphatic carbocycles. The molecule has 2 rings (SSSR count). The summed E-state index contributed by atoms with van der Waals surface area (Å²) in [6.07, 6.45) is 2.82. The zero-order valence-electron chi connectivity index (χ0n) is 13.4. The standard InChI is InChI=1S/C15H25N3O4/c1-3-5-15(6-4-2)13(20)18(14(21)16-15)11-12(19)17-7-9-22-10-8-17/h3-11H2,1-2H3,(H,16,21). The molecule has 4 amide bonds. The highest BCUT2D eigenvalue weighted by molar-refractivity contribution is 6.09. The fourth-order valence-corrected chi connectivity index (χ4v) is 3.19. The molecule has 0 aromatic rings. The van der Waals surface area contributed by atoms with E-state index >= 15 is 0 Å². The van der Waals surface area contributed by atoms with Crippen LogP contribution in [0.15, 0.2) is 0 Å². The van der Waals surface area contributed by atoms with Crippen molar-refractivity contribution in [3.05, 3.63) is 0 Å². The molecule has 2 fully saturated rings. The number of nitrogens with one attached hydrogen (secondary N) is 1. The summed E-state index contributed by atoms with van der Waals surface area (Å²) in [5.74, 6) is -0.460. The minimum absolute atomic E-state index is 0.181. The molecule has 0 unspecified atom stereocenters. The van der Waals surface area contributed by atoms with Gasteiger partial charge in [-0.1, -0.05) is 26.7 Å². The highest BCUT2D eigenvalue weighted by Gasteiger charge is 2.50. The van der Waals surface area contributed by atoms with Crippen molar-refractivity contribution in [3.8, 4) is 0 Å². The molecule has 0 atom stereocenters. The van der Waals surface area contributed by atoms with E-state index in [-0.39, 0.29) is 18.4 Å². The van der Waals surface area contributed by atoms with Crippen molar-refractivity contribution in [1.82, 2.24) is 15.1 Å². The van der Waals surface area contributed by atoms with Gasteiger partial charge < -0.3 is 15.0 Å². The van der Waals surface area contributed by atoms with Crippen LogP contribution < -0.4 is 5.32 Å². The third kappa shape index (κ3) is 3.24. The topological polar surface area (TPSA) is 79.0 Å².